The van der Waals surface area contributed by atoms with Gasteiger partial charge in [0, 0.05) is 33.4 Å². The number of benzene rings is 1. The third kappa shape index (κ3) is 13.2. The first-order valence-electron chi connectivity index (χ1n) is 13.9. The Labute approximate surface area is 249 Å². The van der Waals surface area contributed by atoms with Gasteiger partial charge in [-0.25, -0.2) is 4.57 Å². The van der Waals surface area contributed by atoms with Crippen LogP contribution in [0.2, 0.25) is 0 Å². The van der Waals surface area contributed by atoms with Crippen molar-refractivity contribution in [3.63, 3.8) is 0 Å². The number of hydrogen-bond donors (Lipinski definition) is 7. The monoisotopic (exact) mass is 649 g/mol. The highest BCUT2D eigenvalue weighted by atomic mass is 31.2. The first kappa shape index (κ1) is 36.4. The van der Waals surface area contributed by atoms with Gasteiger partial charge in [-0.05, 0) is 42.9 Å². The molecule has 1 fully saturated rings. The molecule has 1 aromatic carbocycles. The summed E-state index contributed by atoms with van der Waals surface area (Å²) in [5, 5.41) is 13.3. The molecule has 17 heteroatoms. The van der Waals surface area contributed by atoms with E-state index in [1.807, 2.05) is 0 Å². The van der Waals surface area contributed by atoms with Gasteiger partial charge in [0.25, 0.3) is 0 Å². The number of likely N-dealkylation sites (N-methyl/N-ethyl adjacent to an activating group) is 1. The second kappa shape index (κ2) is 16.3. The molecule has 1 aromatic rings. The van der Waals surface area contributed by atoms with Crippen molar-refractivity contribution in [1.29, 1.82) is 0 Å². The van der Waals surface area contributed by atoms with Crippen LogP contribution in [0.15, 0.2) is 18.2 Å². The largest absolute Gasteiger partial charge is 0.524 e. The Bertz CT molecular complexity index is 1240. The van der Waals surface area contributed by atoms with Gasteiger partial charge >= 0.3 is 21.4 Å². The predicted molar refractivity (Wildman–Crippen MR) is 154 cm³/mol. The fourth-order valence-corrected chi connectivity index (χ4v) is 6.31. The number of rotatable bonds is 16. The van der Waals surface area contributed by atoms with E-state index in [-0.39, 0.29) is 18.4 Å². The number of hydrogen-bond acceptors (Lipinski definition) is 7. The van der Waals surface area contributed by atoms with Crippen molar-refractivity contribution in [2.24, 2.45) is 5.92 Å². The van der Waals surface area contributed by atoms with E-state index in [9.17, 15) is 43.2 Å². The Morgan fingerprint density at radius 1 is 1.02 bits per heavy atom. The highest BCUT2D eigenvalue weighted by molar-refractivity contribution is 7.60. The summed E-state index contributed by atoms with van der Waals surface area (Å²) in [6.07, 6.45) is 6.71. The van der Waals surface area contributed by atoms with Gasteiger partial charge < -0.3 is 35.0 Å². The average Bonchev–Trinajstić information content (AvgIpc) is 2.89. The number of carboxylic acids is 1. The van der Waals surface area contributed by atoms with Crippen LogP contribution in [0.4, 0.5) is 0 Å². The van der Waals surface area contributed by atoms with Crippen LogP contribution in [0.3, 0.4) is 0 Å². The summed E-state index contributed by atoms with van der Waals surface area (Å²) in [6, 6.07) is 0.421. The molecule has 43 heavy (non-hydrogen) atoms. The first-order chi connectivity index (χ1) is 20.0. The van der Waals surface area contributed by atoms with Crippen LogP contribution in [-0.4, -0.2) is 78.9 Å². The van der Waals surface area contributed by atoms with E-state index in [0.717, 1.165) is 44.7 Å². The van der Waals surface area contributed by atoms with E-state index in [2.05, 4.69) is 15.2 Å². The van der Waals surface area contributed by atoms with Crippen molar-refractivity contribution >= 4 is 44.4 Å². The summed E-state index contributed by atoms with van der Waals surface area (Å²) in [6.45, 7) is 1.55. The molecule has 3 amide bonds. The maximum absolute atomic E-state index is 13.3. The number of phosphoric ester groups is 1. The molecule has 0 heterocycles. The molecule has 0 aliphatic heterocycles. The van der Waals surface area contributed by atoms with Crippen LogP contribution in [0.25, 0.3) is 0 Å². The molecule has 1 aliphatic rings. The normalized spacial score (nSPS) is 15.7. The Kier molecular flexibility index (Phi) is 13.8. The van der Waals surface area contributed by atoms with Crippen LogP contribution in [-0.2, 0) is 34.7 Å². The Morgan fingerprint density at radius 2 is 1.67 bits per heavy atom. The van der Waals surface area contributed by atoms with E-state index in [1.165, 1.54) is 30.2 Å². The molecule has 2 rings (SSSR count). The van der Waals surface area contributed by atoms with Crippen molar-refractivity contribution in [2.75, 3.05) is 13.6 Å². The topological polar surface area (TPSA) is 240 Å². The minimum absolute atomic E-state index is 0.0820. The van der Waals surface area contributed by atoms with Gasteiger partial charge in [0.2, 0.25) is 17.7 Å². The predicted octanol–water partition coefficient (Wildman–Crippen LogP) is 1.18. The number of aliphatic carboxylic acids is 1. The lowest BCUT2D eigenvalue weighted by Gasteiger charge is -2.27. The summed E-state index contributed by atoms with van der Waals surface area (Å²) in [5.74, 6) is -3.30. The van der Waals surface area contributed by atoms with Crippen molar-refractivity contribution in [2.45, 2.75) is 83.2 Å². The molecule has 0 saturated heterocycles. The fraction of sp³-hybridized carbons (Fsp3) is 0.615. The molecule has 1 aliphatic carbocycles. The summed E-state index contributed by atoms with van der Waals surface area (Å²) in [5.41, 5.74) is 0.0820. The van der Waals surface area contributed by atoms with Gasteiger partial charge in [-0.15, -0.1) is 0 Å². The summed E-state index contributed by atoms with van der Waals surface area (Å²) >= 11 is 0. The quantitative estimate of drug-likeness (QED) is 0.125. The minimum Gasteiger partial charge on any atom is -0.481 e. The third-order valence-electron chi connectivity index (χ3n) is 7.16. The second-order valence-electron chi connectivity index (χ2n) is 10.8. The van der Waals surface area contributed by atoms with Gasteiger partial charge in [0.15, 0.2) is 0 Å². The second-order valence-corrected chi connectivity index (χ2v) is 13.5. The zero-order valence-corrected chi connectivity index (χ0v) is 26.0. The zero-order valence-electron chi connectivity index (χ0n) is 24.2. The molecular formula is C26H41N3O12P2. The number of carbonyl (C=O) groups is 4. The number of phosphoric acid groups is 1. The van der Waals surface area contributed by atoms with E-state index < -0.39 is 68.7 Å². The minimum atomic E-state index is -5.17. The summed E-state index contributed by atoms with van der Waals surface area (Å²) in [4.78, 5) is 88.7. The Morgan fingerprint density at radius 3 is 2.23 bits per heavy atom. The van der Waals surface area contributed by atoms with Crippen molar-refractivity contribution in [1.82, 2.24) is 15.5 Å². The molecule has 1 saturated carbocycles. The maximum Gasteiger partial charge on any atom is 0.524 e. The molecule has 7 N–H and O–H groups in total. The average molecular weight is 650 g/mol. The first-order valence-corrected chi connectivity index (χ1v) is 17.1. The number of carboxylic acid groups (broad SMARTS) is 1. The molecule has 2 unspecified atom stereocenters. The van der Waals surface area contributed by atoms with Gasteiger partial charge in [0.1, 0.15) is 23.1 Å². The van der Waals surface area contributed by atoms with Crippen molar-refractivity contribution < 1.29 is 57.5 Å². The lowest BCUT2D eigenvalue weighted by atomic mass is 9.86. The van der Waals surface area contributed by atoms with E-state index >= 15 is 0 Å². The van der Waals surface area contributed by atoms with E-state index in [4.69, 9.17) is 9.79 Å². The standard InChI is InChI=1S/C26H41N3O12P2/c1-17(30)27-21(15-19-10-12-22(41-43(38,39)40)23(16-19)42(35,36)37)25(33)28-20(11-13-24(31)32)26(34)29(2)14-6-9-18-7-4-3-5-8-18/h10,12,16,18,20-21H,3-9,11,13-15H2,1-2H3,(H,27,30)(H,28,33)(H,31,32)(H2,35,36,37)(H2,38,39,40). The summed E-state index contributed by atoms with van der Waals surface area (Å²) < 4.78 is 27.6. The highest BCUT2D eigenvalue weighted by Crippen LogP contribution is 2.43. The summed E-state index contributed by atoms with van der Waals surface area (Å²) in [7, 11) is -8.71. The number of carbonyl (C=O) groups excluding carboxylic acids is 3. The molecule has 2 atom stereocenters. The molecule has 242 valence electrons. The van der Waals surface area contributed by atoms with Crippen LogP contribution >= 0.6 is 15.4 Å². The van der Waals surface area contributed by atoms with Crippen LogP contribution in [0, 0.1) is 5.92 Å². The Hall–Kier alpha value is -2.80. The molecular weight excluding hydrogens is 608 g/mol. The van der Waals surface area contributed by atoms with Gasteiger partial charge in [-0.2, -0.15) is 0 Å². The lowest BCUT2D eigenvalue weighted by Crippen LogP contribution is -2.54. The molecule has 0 aromatic heterocycles. The Balaban J connectivity index is 2.21. The molecule has 0 radical (unpaired) electrons. The number of amides is 3. The zero-order chi connectivity index (χ0) is 32.4. The van der Waals surface area contributed by atoms with E-state index in [1.54, 1.807) is 7.05 Å². The van der Waals surface area contributed by atoms with Gasteiger partial charge in [0.05, 0.1) is 0 Å². The smallest absolute Gasteiger partial charge is 0.481 e. The fourth-order valence-electron chi connectivity index (χ4n) is 5.08. The van der Waals surface area contributed by atoms with Crippen LogP contribution < -0.4 is 20.5 Å². The SMILES string of the molecule is CC(=O)NC(Cc1ccc(OP(=O)(O)O)c(P(=O)(O)O)c1)C(=O)NC(CCC(=O)O)C(=O)N(C)CCCC1CCCCC1. The molecule has 0 spiro atoms. The molecule has 0 bridgehead atoms. The maximum atomic E-state index is 13.3. The number of nitrogens with one attached hydrogen (secondary N) is 2. The molecule has 15 nitrogen and oxygen atoms in total. The van der Waals surface area contributed by atoms with Crippen molar-refractivity contribution in [3.8, 4) is 5.75 Å². The van der Waals surface area contributed by atoms with Crippen LogP contribution in [0.5, 0.6) is 5.75 Å². The highest BCUT2D eigenvalue weighted by Gasteiger charge is 2.31. The lowest BCUT2D eigenvalue weighted by molar-refractivity contribution is -0.139. The van der Waals surface area contributed by atoms with Gasteiger partial charge in [-0.1, -0.05) is 38.2 Å². The van der Waals surface area contributed by atoms with Crippen molar-refractivity contribution in [3.05, 3.63) is 23.8 Å². The van der Waals surface area contributed by atoms with Gasteiger partial charge in [-0.3, -0.25) is 33.5 Å². The van der Waals surface area contributed by atoms with E-state index in [0.29, 0.717) is 12.5 Å². The third-order valence-corrected chi connectivity index (χ3v) is 8.57. The number of nitrogens with zero attached hydrogens (tertiary/aromatic N) is 1. The van der Waals surface area contributed by atoms with Crippen LogP contribution in [0.1, 0.15) is 70.3 Å².